The summed E-state index contributed by atoms with van der Waals surface area (Å²) in [6, 6.07) is 4.33. The Balaban J connectivity index is 1.91. The van der Waals surface area contributed by atoms with Gasteiger partial charge in [-0.25, -0.2) is 4.79 Å². The van der Waals surface area contributed by atoms with E-state index < -0.39 is 5.60 Å². The van der Waals surface area contributed by atoms with Crippen LogP contribution in [0.5, 0.6) is 0 Å². The molecule has 2 heterocycles. The molecule has 1 aliphatic heterocycles. The molecule has 1 N–H and O–H groups in total. The Labute approximate surface area is 130 Å². The Morgan fingerprint density at radius 2 is 2.29 bits per heavy atom. The smallest absolute Gasteiger partial charge is 0.410 e. The Morgan fingerprint density at radius 1 is 1.52 bits per heavy atom. The Hall–Kier alpha value is -1.56. The topological polar surface area (TPSA) is 53.9 Å². The highest BCUT2D eigenvalue weighted by Crippen LogP contribution is 2.18. The first kappa shape index (κ1) is 15.8. The van der Waals surface area contributed by atoms with Crippen LogP contribution in [0.15, 0.2) is 22.5 Å². The third kappa shape index (κ3) is 4.74. The Kier molecular flexibility index (Phi) is 4.88. The van der Waals surface area contributed by atoms with Crippen molar-refractivity contribution in [2.45, 2.75) is 39.3 Å². The van der Waals surface area contributed by atoms with Crippen molar-refractivity contribution in [3.05, 3.63) is 22.4 Å². The molecule has 0 aromatic carbocycles. The van der Waals surface area contributed by atoms with Gasteiger partial charge in [-0.05, 0) is 39.1 Å². The van der Waals surface area contributed by atoms with E-state index in [1.165, 1.54) is 4.88 Å². The second-order valence-electron chi connectivity index (χ2n) is 6.11. The van der Waals surface area contributed by atoms with Crippen LogP contribution < -0.4 is 5.32 Å². The average Bonchev–Trinajstić information content (AvgIpc) is 2.91. The SMILES string of the molecule is CC(NC1=NCCN(C(=O)OC(C)(C)C)C1)c1cccs1. The molecule has 21 heavy (non-hydrogen) atoms. The van der Waals surface area contributed by atoms with Crippen molar-refractivity contribution in [2.24, 2.45) is 4.99 Å². The van der Waals surface area contributed by atoms with Crippen LogP contribution in [-0.4, -0.2) is 42.1 Å². The van der Waals surface area contributed by atoms with Crippen molar-refractivity contribution in [2.75, 3.05) is 19.6 Å². The van der Waals surface area contributed by atoms with E-state index in [1.54, 1.807) is 16.2 Å². The number of hydrogen-bond acceptors (Lipinski definition) is 5. The van der Waals surface area contributed by atoms with Crippen LogP contribution in [0, 0.1) is 0 Å². The molecule has 1 aromatic rings. The third-order valence-corrected chi connectivity index (χ3v) is 4.07. The lowest BCUT2D eigenvalue weighted by Crippen LogP contribution is -2.47. The van der Waals surface area contributed by atoms with Crippen LogP contribution in [0.3, 0.4) is 0 Å². The number of hydrogen-bond donors (Lipinski definition) is 1. The minimum absolute atomic E-state index is 0.197. The summed E-state index contributed by atoms with van der Waals surface area (Å²) in [6.45, 7) is 9.42. The fourth-order valence-corrected chi connectivity index (χ4v) is 2.78. The van der Waals surface area contributed by atoms with Gasteiger partial charge in [-0.2, -0.15) is 0 Å². The molecule has 2 rings (SSSR count). The number of ether oxygens (including phenoxy) is 1. The van der Waals surface area contributed by atoms with E-state index in [0.29, 0.717) is 19.6 Å². The van der Waals surface area contributed by atoms with Crippen molar-refractivity contribution >= 4 is 23.3 Å². The van der Waals surface area contributed by atoms with Crippen LogP contribution in [0.2, 0.25) is 0 Å². The largest absolute Gasteiger partial charge is 0.444 e. The van der Waals surface area contributed by atoms with Gasteiger partial charge in [0, 0.05) is 11.4 Å². The zero-order valence-corrected chi connectivity index (χ0v) is 13.9. The molecule has 0 radical (unpaired) electrons. The van der Waals surface area contributed by atoms with Gasteiger partial charge in [0.25, 0.3) is 0 Å². The Bertz CT molecular complexity index is 505. The highest BCUT2D eigenvalue weighted by atomic mass is 32.1. The van der Waals surface area contributed by atoms with Gasteiger partial charge < -0.3 is 10.1 Å². The molecule has 1 aliphatic rings. The van der Waals surface area contributed by atoms with Crippen LogP contribution in [0.1, 0.15) is 38.6 Å². The van der Waals surface area contributed by atoms with Crippen LogP contribution in [0.25, 0.3) is 0 Å². The summed E-state index contributed by atoms with van der Waals surface area (Å²) in [4.78, 5) is 19.5. The summed E-state index contributed by atoms with van der Waals surface area (Å²) in [5, 5.41) is 5.44. The fourth-order valence-electron chi connectivity index (χ4n) is 2.05. The number of carbonyl (C=O) groups excluding carboxylic acids is 1. The van der Waals surface area contributed by atoms with E-state index in [0.717, 1.165) is 5.84 Å². The van der Waals surface area contributed by atoms with Gasteiger partial charge in [0.05, 0.1) is 19.1 Å². The third-order valence-electron chi connectivity index (χ3n) is 3.02. The summed E-state index contributed by atoms with van der Waals surface area (Å²) in [6.07, 6.45) is -0.277. The predicted octanol–water partition coefficient (Wildman–Crippen LogP) is 3.05. The second-order valence-corrected chi connectivity index (χ2v) is 7.09. The molecule has 1 aromatic heterocycles. The van der Waals surface area contributed by atoms with Crippen LogP contribution >= 0.6 is 11.3 Å². The molecule has 0 aliphatic carbocycles. The van der Waals surface area contributed by atoms with Gasteiger partial charge in [-0.3, -0.25) is 9.89 Å². The average molecular weight is 309 g/mol. The number of carbonyl (C=O) groups is 1. The molecule has 0 saturated heterocycles. The normalized spacial score (nSPS) is 17.1. The highest BCUT2D eigenvalue weighted by Gasteiger charge is 2.25. The lowest BCUT2D eigenvalue weighted by Gasteiger charge is -2.30. The zero-order chi connectivity index (χ0) is 15.5. The maximum absolute atomic E-state index is 12.1. The van der Waals surface area contributed by atoms with Crippen LogP contribution in [-0.2, 0) is 4.74 Å². The lowest BCUT2D eigenvalue weighted by atomic mass is 10.2. The van der Waals surface area contributed by atoms with Gasteiger partial charge in [-0.1, -0.05) is 6.07 Å². The van der Waals surface area contributed by atoms with Gasteiger partial charge in [0.2, 0.25) is 0 Å². The summed E-state index contributed by atoms with van der Waals surface area (Å²) in [5.74, 6) is 0.841. The summed E-state index contributed by atoms with van der Waals surface area (Å²) >= 11 is 1.71. The Morgan fingerprint density at radius 3 is 2.90 bits per heavy atom. The van der Waals surface area contributed by atoms with Gasteiger partial charge in [0.1, 0.15) is 11.4 Å². The molecular formula is C15H23N3O2S. The van der Waals surface area contributed by atoms with Crippen molar-refractivity contribution in [1.82, 2.24) is 10.2 Å². The number of rotatable bonds is 2. The van der Waals surface area contributed by atoms with Crippen molar-refractivity contribution in [3.8, 4) is 0 Å². The predicted molar refractivity (Wildman–Crippen MR) is 86.0 cm³/mol. The number of amidine groups is 1. The first-order chi connectivity index (χ1) is 9.85. The van der Waals surface area contributed by atoms with Crippen molar-refractivity contribution < 1.29 is 9.53 Å². The first-order valence-electron chi connectivity index (χ1n) is 7.16. The molecule has 6 heteroatoms. The molecule has 116 valence electrons. The van der Waals surface area contributed by atoms with E-state index >= 15 is 0 Å². The molecular weight excluding hydrogens is 286 g/mol. The van der Waals surface area contributed by atoms with E-state index in [1.807, 2.05) is 26.8 Å². The number of amides is 1. The molecule has 0 fully saturated rings. The highest BCUT2D eigenvalue weighted by molar-refractivity contribution is 7.10. The number of nitrogens with zero attached hydrogens (tertiary/aromatic N) is 2. The summed E-state index contributed by atoms with van der Waals surface area (Å²) < 4.78 is 5.41. The van der Waals surface area contributed by atoms with Gasteiger partial charge in [0.15, 0.2) is 0 Å². The summed E-state index contributed by atoms with van der Waals surface area (Å²) in [5.41, 5.74) is -0.469. The molecule has 0 spiro atoms. The number of nitrogens with one attached hydrogen (secondary N) is 1. The first-order valence-corrected chi connectivity index (χ1v) is 8.04. The quantitative estimate of drug-likeness (QED) is 0.913. The fraction of sp³-hybridized carbons (Fsp3) is 0.600. The van der Waals surface area contributed by atoms with E-state index in [-0.39, 0.29) is 12.1 Å². The number of thiophene rings is 1. The van der Waals surface area contributed by atoms with E-state index in [9.17, 15) is 4.79 Å². The summed E-state index contributed by atoms with van der Waals surface area (Å²) in [7, 11) is 0. The van der Waals surface area contributed by atoms with Crippen LogP contribution in [0.4, 0.5) is 4.79 Å². The molecule has 1 unspecified atom stereocenters. The molecule has 0 bridgehead atoms. The van der Waals surface area contributed by atoms with Gasteiger partial charge >= 0.3 is 6.09 Å². The second kappa shape index (κ2) is 6.47. The van der Waals surface area contributed by atoms with Gasteiger partial charge in [-0.15, -0.1) is 11.3 Å². The maximum atomic E-state index is 12.1. The minimum atomic E-state index is -0.469. The molecule has 0 saturated carbocycles. The lowest BCUT2D eigenvalue weighted by molar-refractivity contribution is 0.0276. The monoisotopic (exact) mass is 309 g/mol. The van der Waals surface area contributed by atoms with Crippen molar-refractivity contribution in [1.29, 1.82) is 0 Å². The zero-order valence-electron chi connectivity index (χ0n) is 13.0. The molecule has 5 nitrogen and oxygen atoms in total. The van der Waals surface area contributed by atoms with E-state index in [2.05, 4.69) is 28.7 Å². The molecule has 1 amide bonds. The molecule has 1 atom stereocenters. The standard InChI is InChI=1S/C15H23N3O2S/c1-11(12-6-5-9-21-12)17-13-10-18(8-7-16-13)14(19)20-15(2,3)4/h5-6,9,11H,7-8,10H2,1-4H3,(H,16,17). The number of aliphatic imine (C=N–C) groups is 1. The maximum Gasteiger partial charge on any atom is 0.410 e. The minimum Gasteiger partial charge on any atom is -0.444 e. The van der Waals surface area contributed by atoms with E-state index in [4.69, 9.17) is 4.74 Å². The van der Waals surface area contributed by atoms with Crippen molar-refractivity contribution in [3.63, 3.8) is 0 Å².